The number of nitrogen functional groups attached to an aromatic ring is 1. The number of nitrogens with zero attached hydrogens (tertiary/aromatic N) is 1. The summed E-state index contributed by atoms with van der Waals surface area (Å²) in [5.74, 6) is -0.00698. The molecule has 0 unspecified atom stereocenters. The Morgan fingerprint density at radius 3 is 2.60 bits per heavy atom. The second kappa shape index (κ2) is 3.88. The van der Waals surface area contributed by atoms with Crippen LogP contribution in [0.3, 0.4) is 0 Å². The fraction of sp³-hybridized carbons (Fsp3) is 0.455. The minimum absolute atomic E-state index is 0.360. The van der Waals surface area contributed by atoms with Gasteiger partial charge in [-0.05, 0) is 33.8 Å². The lowest BCUT2D eigenvalue weighted by Crippen LogP contribution is -2.24. The zero-order valence-corrected chi connectivity index (χ0v) is 9.50. The first kappa shape index (κ1) is 11.5. The minimum atomic E-state index is -0.498. The summed E-state index contributed by atoms with van der Waals surface area (Å²) in [7, 11) is 0. The van der Waals surface area contributed by atoms with Crippen molar-refractivity contribution in [3.05, 3.63) is 23.4 Å². The quantitative estimate of drug-likeness (QED) is 0.716. The topological polar surface area (TPSA) is 65.2 Å². The largest absolute Gasteiger partial charge is 0.456 e. The predicted octanol–water partition coefficient (Wildman–Crippen LogP) is 1.93. The Morgan fingerprint density at radius 2 is 2.07 bits per heavy atom. The van der Waals surface area contributed by atoms with E-state index in [0.717, 1.165) is 0 Å². The molecule has 0 amide bonds. The molecule has 4 heteroatoms. The number of carbonyl (C=O) groups excluding carboxylic acids is 1. The van der Waals surface area contributed by atoms with Crippen LogP contribution in [-0.2, 0) is 4.74 Å². The molecule has 82 valence electrons. The van der Waals surface area contributed by atoms with E-state index in [1.54, 1.807) is 13.0 Å². The van der Waals surface area contributed by atoms with Crippen LogP contribution >= 0.6 is 0 Å². The summed E-state index contributed by atoms with van der Waals surface area (Å²) < 4.78 is 5.24. The smallest absolute Gasteiger partial charge is 0.339 e. The highest BCUT2D eigenvalue weighted by atomic mass is 16.6. The number of carbonyl (C=O) groups is 1. The van der Waals surface area contributed by atoms with Crippen molar-refractivity contribution >= 4 is 11.8 Å². The van der Waals surface area contributed by atoms with Crippen molar-refractivity contribution in [2.75, 3.05) is 5.73 Å². The Hall–Kier alpha value is -1.58. The van der Waals surface area contributed by atoms with Crippen LogP contribution in [0.25, 0.3) is 0 Å². The van der Waals surface area contributed by atoms with Gasteiger partial charge in [0.25, 0.3) is 0 Å². The maximum absolute atomic E-state index is 11.7. The van der Waals surface area contributed by atoms with Crippen molar-refractivity contribution in [1.29, 1.82) is 0 Å². The van der Waals surface area contributed by atoms with Crippen LogP contribution in [0.4, 0.5) is 5.82 Å². The molecule has 4 nitrogen and oxygen atoms in total. The van der Waals surface area contributed by atoms with Gasteiger partial charge in [0.1, 0.15) is 11.4 Å². The van der Waals surface area contributed by atoms with E-state index in [-0.39, 0.29) is 5.97 Å². The summed E-state index contributed by atoms with van der Waals surface area (Å²) in [5.41, 5.74) is 6.23. The molecule has 0 fully saturated rings. The molecule has 0 saturated carbocycles. The predicted molar refractivity (Wildman–Crippen MR) is 58.6 cm³/mol. The maximum atomic E-state index is 11.7. The lowest BCUT2D eigenvalue weighted by molar-refractivity contribution is 0.00687. The Bertz CT molecular complexity index is 381. The Kier molecular flexibility index (Phi) is 2.98. The normalized spacial score (nSPS) is 11.2. The minimum Gasteiger partial charge on any atom is -0.456 e. The van der Waals surface area contributed by atoms with Gasteiger partial charge in [0, 0.05) is 11.8 Å². The fourth-order valence-corrected chi connectivity index (χ4v) is 1.11. The van der Waals surface area contributed by atoms with Gasteiger partial charge in [0.15, 0.2) is 0 Å². The summed E-state index contributed by atoms with van der Waals surface area (Å²) >= 11 is 0. The van der Waals surface area contributed by atoms with Gasteiger partial charge in [-0.1, -0.05) is 0 Å². The third-order valence-corrected chi connectivity index (χ3v) is 1.86. The molecule has 2 N–H and O–H groups in total. The van der Waals surface area contributed by atoms with Gasteiger partial charge in [-0.15, -0.1) is 0 Å². The number of hydrogen-bond donors (Lipinski definition) is 1. The van der Waals surface area contributed by atoms with E-state index in [1.165, 1.54) is 6.20 Å². The third-order valence-electron chi connectivity index (χ3n) is 1.86. The summed E-state index contributed by atoms with van der Waals surface area (Å²) in [5, 5.41) is 0. The molecule has 1 aromatic rings. The van der Waals surface area contributed by atoms with Crippen molar-refractivity contribution in [3.63, 3.8) is 0 Å². The molecule has 0 radical (unpaired) electrons. The molecule has 0 aliphatic rings. The van der Waals surface area contributed by atoms with Crippen LogP contribution < -0.4 is 5.73 Å². The van der Waals surface area contributed by atoms with Crippen molar-refractivity contribution in [2.45, 2.75) is 33.3 Å². The zero-order valence-electron chi connectivity index (χ0n) is 9.50. The molecule has 0 bridgehead atoms. The molecule has 0 atom stereocenters. The van der Waals surface area contributed by atoms with E-state index in [9.17, 15) is 4.79 Å². The number of ether oxygens (including phenoxy) is 1. The van der Waals surface area contributed by atoms with E-state index in [0.29, 0.717) is 16.9 Å². The van der Waals surface area contributed by atoms with E-state index in [2.05, 4.69) is 4.98 Å². The molecular weight excluding hydrogens is 192 g/mol. The number of pyridine rings is 1. The Labute approximate surface area is 89.5 Å². The van der Waals surface area contributed by atoms with E-state index < -0.39 is 5.60 Å². The van der Waals surface area contributed by atoms with Crippen molar-refractivity contribution in [1.82, 2.24) is 4.98 Å². The van der Waals surface area contributed by atoms with Crippen molar-refractivity contribution < 1.29 is 9.53 Å². The first-order valence-corrected chi connectivity index (χ1v) is 4.75. The lowest BCUT2D eigenvalue weighted by atomic mass is 10.1. The van der Waals surface area contributed by atoms with Crippen LogP contribution in [0.5, 0.6) is 0 Å². The average Bonchev–Trinajstić information content (AvgIpc) is 2.06. The van der Waals surface area contributed by atoms with E-state index in [4.69, 9.17) is 10.5 Å². The highest BCUT2D eigenvalue weighted by molar-refractivity contribution is 5.92. The van der Waals surface area contributed by atoms with Gasteiger partial charge in [-0.3, -0.25) is 0 Å². The van der Waals surface area contributed by atoms with Crippen LogP contribution in [0, 0.1) is 6.92 Å². The molecule has 1 aromatic heterocycles. The fourth-order valence-electron chi connectivity index (χ4n) is 1.11. The van der Waals surface area contributed by atoms with Gasteiger partial charge in [-0.2, -0.15) is 0 Å². The first-order valence-electron chi connectivity index (χ1n) is 4.75. The number of esters is 1. The Morgan fingerprint density at radius 1 is 1.47 bits per heavy atom. The highest BCUT2D eigenvalue weighted by Crippen LogP contribution is 2.17. The molecular formula is C11H16N2O2. The summed E-state index contributed by atoms with van der Waals surface area (Å²) in [6, 6.07) is 1.61. The number of nitrogens with two attached hydrogens (primary N) is 1. The molecule has 0 aliphatic heterocycles. The molecule has 15 heavy (non-hydrogen) atoms. The SMILES string of the molecule is Cc1c(C(=O)OC(C)(C)C)ccnc1N. The molecule has 0 saturated heterocycles. The van der Waals surface area contributed by atoms with Crippen molar-refractivity contribution in [3.8, 4) is 0 Å². The first-order chi connectivity index (χ1) is 6.81. The van der Waals surface area contributed by atoms with Crippen LogP contribution in [-0.4, -0.2) is 16.6 Å². The molecule has 0 aromatic carbocycles. The maximum Gasteiger partial charge on any atom is 0.339 e. The molecule has 1 heterocycles. The van der Waals surface area contributed by atoms with Gasteiger partial charge in [-0.25, -0.2) is 9.78 Å². The molecule has 0 aliphatic carbocycles. The third kappa shape index (κ3) is 2.94. The van der Waals surface area contributed by atoms with Crippen LogP contribution in [0.2, 0.25) is 0 Å². The number of anilines is 1. The second-order valence-corrected chi connectivity index (χ2v) is 4.37. The van der Waals surface area contributed by atoms with Crippen LogP contribution in [0.1, 0.15) is 36.7 Å². The van der Waals surface area contributed by atoms with Gasteiger partial charge >= 0.3 is 5.97 Å². The van der Waals surface area contributed by atoms with Crippen LogP contribution in [0.15, 0.2) is 12.3 Å². The van der Waals surface area contributed by atoms with E-state index in [1.807, 2.05) is 20.8 Å². The second-order valence-electron chi connectivity index (χ2n) is 4.37. The molecule has 0 spiro atoms. The highest BCUT2D eigenvalue weighted by Gasteiger charge is 2.19. The number of rotatable bonds is 1. The number of aromatic nitrogens is 1. The Balaban J connectivity index is 2.97. The summed E-state index contributed by atoms with van der Waals surface area (Å²) in [6.07, 6.45) is 1.50. The van der Waals surface area contributed by atoms with E-state index >= 15 is 0 Å². The standard InChI is InChI=1S/C11H16N2O2/c1-7-8(5-6-13-9(7)12)10(14)15-11(2,3)4/h5-6H,1-4H3,(H2,12,13). The van der Waals surface area contributed by atoms with Crippen molar-refractivity contribution in [2.24, 2.45) is 0 Å². The number of hydrogen-bond acceptors (Lipinski definition) is 4. The summed E-state index contributed by atoms with van der Waals surface area (Å²) in [6.45, 7) is 7.22. The molecule has 1 rings (SSSR count). The zero-order chi connectivity index (χ0) is 11.6. The summed E-state index contributed by atoms with van der Waals surface area (Å²) in [4.78, 5) is 15.6. The van der Waals surface area contributed by atoms with Gasteiger partial charge in [0.2, 0.25) is 0 Å². The van der Waals surface area contributed by atoms with Gasteiger partial charge in [0.05, 0.1) is 5.56 Å². The monoisotopic (exact) mass is 208 g/mol. The average molecular weight is 208 g/mol. The van der Waals surface area contributed by atoms with Gasteiger partial charge < -0.3 is 10.5 Å². The lowest BCUT2D eigenvalue weighted by Gasteiger charge is -2.20.